The second-order valence-electron chi connectivity index (χ2n) is 4.61. The van der Waals surface area contributed by atoms with E-state index in [1.807, 2.05) is 6.92 Å². The molecule has 0 atom stereocenters. The van der Waals surface area contributed by atoms with Gasteiger partial charge in [0.25, 0.3) is 0 Å². The Morgan fingerprint density at radius 3 is 2.24 bits per heavy atom. The van der Waals surface area contributed by atoms with E-state index in [4.69, 9.17) is 4.74 Å². The Morgan fingerprint density at radius 2 is 1.71 bits per heavy atom. The predicted molar refractivity (Wildman–Crippen MR) is 74.9 cm³/mol. The van der Waals surface area contributed by atoms with Crippen molar-refractivity contribution in [3.63, 3.8) is 0 Å². The van der Waals surface area contributed by atoms with Crippen LogP contribution < -0.4 is 4.74 Å². The lowest BCUT2D eigenvalue weighted by Gasteiger charge is -2.16. The van der Waals surface area contributed by atoms with E-state index in [2.05, 4.69) is 39.0 Å². The van der Waals surface area contributed by atoms with Gasteiger partial charge in [0.2, 0.25) is 0 Å². The fourth-order valence-corrected chi connectivity index (χ4v) is 2.36. The van der Waals surface area contributed by atoms with Crippen molar-refractivity contribution in [2.75, 3.05) is 6.61 Å². The molecular weight excluding hydrogens is 208 g/mol. The van der Waals surface area contributed by atoms with Crippen molar-refractivity contribution in [3.8, 4) is 5.75 Å². The molecule has 1 rings (SSSR count). The van der Waals surface area contributed by atoms with Gasteiger partial charge in [0, 0.05) is 0 Å². The molecule has 17 heavy (non-hydrogen) atoms. The van der Waals surface area contributed by atoms with Crippen LogP contribution in [0.15, 0.2) is 18.2 Å². The second kappa shape index (κ2) is 7.37. The Kier molecular flexibility index (Phi) is 6.10. The molecule has 0 aliphatic carbocycles. The van der Waals surface area contributed by atoms with Crippen LogP contribution in [-0.2, 0) is 6.42 Å². The van der Waals surface area contributed by atoms with Crippen molar-refractivity contribution in [1.29, 1.82) is 0 Å². The Balaban J connectivity index is 3.01. The molecule has 0 aliphatic heterocycles. The smallest absolute Gasteiger partial charge is 0.119 e. The first-order valence-electron chi connectivity index (χ1n) is 7.01. The van der Waals surface area contributed by atoms with Crippen LogP contribution in [0.2, 0.25) is 0 Å². The Hall–Kier alpha value is -0.980. The summed E-state index contributed by atoms with van der Waals surface area (Å²) in [6.45, 7) is 9.55. The van der Waals surface area contributed by atoms with E-state index in [-0.39, 0.29) is 0 Å². The maximum absolute atomic E-state index is 5.67. The van der Waals surface area contributed by atoms with Gasteiger partial charge in [-0.15, -0.1) is 0 Å². The number of hydrogen-bond acceptors (Lipinski definition) is 1. The zero-order valence-corrected chi connectivity index (χ0v) is 11.8. The standard InChI is InChI=1S/C16H26O/c1-5-9-13-10-15(14(6-2)7-3)12-16(11-13)17-8-4/h10-12,14H,5-9H2,1-4H3. The first kappa shape index (κ1) is 14.1. The van der Waals surface area contributed by atoms with E-state index in [1.165, 1.54) is 30.4 Å². The van der Waals surface area contributed by atoms with Gasteiger partial charge in [-0.2, -0.15) is 0 Å². The van der Waals surface area contributed by atoms with Gasteiger partial charge in [-0.25, -0.2) is 0 Å². The van der Waals surface area contributed by atoms with Crippen LogP contribution in [0.25, 0.3) is 0 Å². The van der Waals surface area contributed by atoms with Crippen molar-refractivity contribution in [3.05, 3.63) is 29.3 Å². The highest BCUT2D eigenvalue weighted by Crippen LogP contribution is 2.28. The Labute approximate surface area is 106 Å². The minimum absolute atomic E-state index is 0.672. The summed E-state index contributed by atoms with van der Waals surface area (Å²) in [4.78, 5) is 0. The summed E-state index contributed by atoms with van der Waals surface area (Å²) in [7, 11) is 0. The summed E-state index contributed by atoms with van der Waals surface area (Å²) in [5.74, 6) is 1.71. The third-order valence-electron chi connectivity index (χ3n) is 3.30. The summed E-state index contributed by atoms with van der Waals surface area (Å²) >= 11 is 0. The molecule has 0 saturated heterocycles. The molecular formula is C16H26O. The summed E-state index contributed by atoms with van der Waals surface area (Å²) in [6.07, 6.45) is 4.75. The van der Waals surface area contributed by atoms with E-state index >= 15 is 0 Å². The summed E-state index contributed by atoms with van der Waals surface area (Å²) < 4.78 is 5.67. The molecule has 0 aliphatic rings. The highest BCUT2D eigenvalue weighted by Gasteiger charge is 2.09. The van der Waals surface area contributed by atoms with Crippen LogP contribution >= 0.6 is 0 Å². The Morgan fingerprint density at radius 1 is 1.00 bits per heavy atom. The molecule has 0 N–H and O–H groups in total. The molecule has 0 fully saturated rings. The lowest BCUT2D eigenvalue weighted by molar-refractivity contribution is 0.339. The molecule has 1 aromatic rings. The number of benzene rings is 1. The quantitative estimate of drug-likeness (QED) is 0.649. The van der Waals surface area contributed by atoms with E-state index in [9.17, 15) is 0 Å². The van der Waals surface area contributed by atoms with Gasteiger partial charge in [-0.3, -0.25) is 0 Å². The predicted octanol–water partition coefficient (Wildman–Crippen LogP) is 4.94. The number of aryl methyl sites for hydroxylation is 1. The van der Waals surface area contributed by atoms with Crippen molar-refractivity contribution >= 4 is 0 Å². The van der Waals surface area contributed by atoms with Crippen molar-refractivity contribution in [2.24, 2.45) is 0 Å². The molecule has 0 heterocycles. The zero-order chi connectivity index (χ0) is 12.7. The van der Waals surface area contributed by atoms with Crippen molar-refractivity contribution in [1.82, 2.24) is 0 Å². The normalized spacial score (nSPS) is 10.9. The topological polar surface area (TPSA) is 9.23 Å². The van der Waals surface area contributed by atoms with Crippen LogP contribution in [0.3, 0.4) is 0 Å². The second-order valence-corrected chi connectivity index (χ2v) is 4.61. The minimum atomic E-state index is 0.672. The number of ether oxygens (including phenoxy) is 1. The first-order valence-corrected chi connectivity index (χ1v) is 7.01. The van der Waals surface area contributed by atoms with E-state index in [0.29, 0.717) is 5.92 Å². The third kappa shape index (κ3) is 4.07. The molecule has 0 spiro atoms. The summed E-state index contributed by atoms with van der Waals surface area (Å²) in [5.41, 5.74) is 2.87. The van der Waals surface area contributed by atoms with Crippen LogP contribution in [0.5, 0.6) is 5.75 Å². The van der Waals surface area contributed by atoms with Crippen molar-refractivity contribution < 1.29 is 4.74 Å². The number of hydrogen-bond donors (Lipinski definition) is 0. The van der Waals surface area contributed by atoms with E-state index < -0.39 is 0 Å². The van der Waals surface area contributed by atoms with E-state index in [0.717, 1.165) is 18.8 Å². The molecule has 0 aromatic heterocycles. The molecule has 1 aromatic carbocycles. The molecule has 1 heteroatoms. The van der Waals surface area contributed by atoms with Gasteiger partial charge < -0.3 is 4.74 Å². The van der Waals surface area contributed by atoms with Gasteiger partial charge in [0.15, 0.2) is 0 Å². The van der Waals surface area contributed by atoms with Gasteiger partial charge in [0.1, 0.15) is 5.75 Å². The fourth-order valence-electron chi connectivity index (χ4n) is 2.36. The van der Waals surface area contributed by atoms with Crippen LogP contribution in [0, 0.1) is 0 Å². The maximum atomic E-state index is 5.67. The minimum Gasteiger partial charge on any atom is -0.494 e. The van der Waals surface area contributed by atoms with Gasteiger partial charge in [-0.05, 0) is 55.4 Å². The molecule has 0 amide bonds. The largest absolute Gasteiger partial charge is 0.494 e. The molecule has 0 radical (unpaired) electrons. The summed E-state index contributed by atoms with van der Waals surface area (Å²) in [5, 5.41) is 0. The van der Waals surface area contributed by atoms with Gasteiger partial charge >= 0.3 is 0 Å². The third-order valence-corrected chi connectivity index (χ3v) is 3.30. The molecule has 0 unspecified atom stereocenters. The summed E-state index contributed by atoms with van der Waals surface area (Å²) in [6, 6.07) is 6.78. The Bertz CT molecular complexity index is 302. The van der Waals surface area contributed by atoms with Crippen molar-refractivity contribution in [2.45, 2.75) is 59.3 Å². The lowest BCUT2D eigenvalue weighted by atomic mass is 9.92. The molecule has 0 bridgehead atoms. The molecule has 1 nitrogen and oxygen atoms in total. The first-order chi connectivity index (χ1) is 8.24. The van der Waals surface area contributed by atoms with E-state index in [1.54, 1.807) is 0 Å². The molecule has 0 saturated carbocycles. The highest BCUT2D eigenvalue weighted by atomic mass is 16.5. The lowest BCUT2D eigenvalue weighted by Crippen LogP contribution is -2.00. The molecule has 96 valence electrons. The average Bonchev–Trinajstić information content (AvgIpc) is 2.31. The SMILES string of the molecule is CCCc1cc(OCC)cc(C(CC)CC)c1. The highest BCUT2D eigenvalue weighted by molar-refractivity contribution is 5.36. The average molecular weight is 234 g/mol. The zero-order valence-electron chi connectivity index (χ0n) is 11.8. The van der Waals surface area contributed by atoms with Crippen LogP contribution in [0.1, 0.15) is 64.0 Å². The van der Waals surface area contributed by atoms with Gasteiger partial charge in [0.05, 0.1) is 6.61 Å². The van der Waals surface area contributed by atoms with Crippen LogP contribution in [-0.4, -0.2) is 6.61 Å². The van der Waals surface area contributed by atoms with Crippen LogP contribution in [0.4, 0.5) is 0 Å². The number of rotatable bonds is 7. The maximum Gasteiger partial charge on any atom is 0.119 e. The van der Waals surface area contributed by atoms with Gasteiger partial charge in [-0.1, -0.05) is 33.3 Å². The fraction of sp³-hybridized carbons (Fsp3) is 0.625. The monoisotopic (exact) mass is 234 g/mol.